The summed E-state index contributed by atoms with van der Waals surface area (Å²) < 4.78 is 48.6. The number of benzene rings is 3. The molecule has 2 aliphatic rings. The van der Waals surface area contributed by atoms with Gasteiger partial charge in [-0.05, 0) is 73.9 Å². The molecule has 2 amide bonds. The molecule has 2 aliphatic heterocycles. The second-order valence-corrected chi connectivity index (χ2v) is 14.5. The number of hydrogen-bond donors (Lipinski definition) is 4. The molecule has 4 N–H and O–H groups in total. The second kappa shape index (κ2) is 16.5. The number of carbonyl (C=O) groups is 2. The van der Waals surface area contributed by atoms with Gasteiger partial charge in [-0.3, -0.25) is 9.52 Å². The second-order valence-electron chi connectivity index (χ2n) is 12.8. The van der Waals surface area contributed by atoms with Crippen LogP contribution < -0.4 is 20.1 Å². The zero-order valence-electron chi connectivity index (χ0n) is 28.0. The molecule has 0 aliphatic carbocycles. The highest BCUT2D eigenvalue weighted by Gasteiger charge is 2.44. The lowest BCUT2D eigenvalue weighted by atomic mass is 9.93. The fourth-order valence-electron chi connectivity index (χ4n) is 6.42. The molecule has 0 radical (unpaired) electrons. The third-order valence-electron chi connectivity index (χ3n) is 8.64. The van der Waals surface area contributed by atoms with E-state index in [1.807, 2.05) is 60.7 Å². The van der Waals surface area contributed by atoms with Gasteiger partial charge in [-0.1, -0.05) is 60.7 Å². The number of sulfonamides is 1. The molecule has 12 nitrogen and oxygen atoms in total. The third kappa shape index (κ3) is 10.7. The Morgan fingerprint density at radius 1 is 0.939 bits per heavy atom. The van der Waals surface area contributed by atoms with E-state index in [0.717, 1.165) is 23.8 Å². The van der Waals surface area contributed by atoms with Gasteiger partial charge in [0.2, 0.25) is 10.0 Å². The van der Waals surface area contributed by atoms with Crippen LogP contribution in [0.15, 0.2) is 72.8 Å². The summed E-state index contributed by atoms with van der Waals surface area (Å²) in [6, 6.07) is 21.2. The van der Waals surface area contributed by atoms with Crippen molar-refractivity contribution in [1.82, 2.24) is 10.6 Å². The molecule has 0 spiro atoms. The summed E-state index contributed by atoms with van der Waals surface area (Å²) in [5, 5.41) is 17.5. The highest BCUT2D eigenvalue weighted by molar-refractivity contribution is 7.92. The Morgan fingerprint density at radius 3 is 2.20 bits per heavy atom. The van der Waals surface area contributed by atoms with E-state index in [0.29, 0.717) is 42.0 Å². The van der Waals surface area contributed by atoms with Crippen molar-refractivity contribution in [2.75, 3.05) is 30.8 Å². The van der Waals surface area contributed by atoms with Gasteiger partial charge in [0.15, 0.2) is 12.9 Å². The predicted octanol–water partition coefficient (Wildman–Crippen LogP) is 3.63. The number of anilines is 1. The van der Waals surface area contributed by atoms with Crippen molar-refractivity contribution in [3.05, 3.63) is 95.1 Å². The quantitative estimate of drug-likeness (QED) is 0.186. The summed E-state index contributed by atoms with van der Waals surface area (Å²) in [5.74, 6) is 0.00748. The molecule has 6 atom stereocenters. The maximum Gasteiger partial charge on any atom is 0.407 e. The van der Waals surface area contributed by atoms with E-state index in [4.69, 9.17) is 18.9 Å². The number of fused-ring (bicyclic) bond motifs is 1. The van der Waals surface area contributed by atoms with Gasteiger partial charge < -0.3 is 34.7 Å². The number of nitrogens with one attached hydrogen (secondary N) is 3. The number of aryl methyl sites for hydroxylation is 2. The topological polar surface area (TPSA) is 162 Å². The van der Waals surface area contributed by atoms with Crippen LogP contribution in [0.4, 0.5) is 10.5 Å². The number of alkyl carbamates (subject to hydrolysis) is 1. The lowest BCUT2D eigenvalue weighted by Crippen LogP contribution is -2.50. The minimum atomic E-state index is -3.46. The van der Waals surface area contributed by atoms with Gasteiger partial charge in [-0.15, -0.1) is 0 Å². The van der Waals surface area contributed by atoms with Crippen LogP contribution in [0.2, 0.25) is 0 Å². The van der Waals surface area contributed by atoms with Gasteiger partial charge in [-0.2, -0.15) is 0 Å². The first-order chi connectivity index (χ1) is 23.4. The van der Waals surface area contributed by atoms with Crippen LogP contribution in [0.5, 0.6) is 5.75 Å². The third-order valence-corrected chi connectivity index (χ3v) is 9.24. The molecule has 5 rings (SSSR count). The van der Waals surface area contributed by atoms with Crippen molar-refractivity contribution in [1.29, 1.82) is 0 Å². The Labute approximate surface area is 287 Å². The maximum absolute atomic E-state index is 13.3. The molecule has 49 heavy (non-hydrogen) atoms. The van der Waals surface area contributed by atoms with Crippen LogP contribution in [-0.2, 0) is 41.9 Å². The molecule has 0 saturated carbocycles. The standard InChI is InChI=1S/C36H45N3O9S/c1-23-16-28(39-49(3,43)44)17-24(2)34(23)46-22-33(41)38-30(19-26-12-8-5-9-13-26)31(40)20-27(18-25-10-6-4-7-11-25)37-36(42)48-32-21-47-35-29(32)14-15-45-35/h4-13,16-17,27,29-32,35,39-40H,14-15,18-22H2,1-3H3,(H,37,42)(H,38,41)/t27-,29-,30-,31-,32-,35+/m0/s1. The predicted molar refractivity (Wildman–Crippen MR) is 184 cm³/mol. The van der Waals surface area contributed by atoms with Gasteiger partial charge in [0.25, 0.3) is 5.91 Å². The number of aliphatic hydroxyl groups is 1. The van der Waals surface area contributed by atoms with Crippen molar-refractivity contribution in [2.24, 2.45) is 5.92 Å². The molecule has 2 fully saturated rings. The lowest BCUT2D eigenvalue weighted by Gasteiger charge is -2.29. The molecule has 2 saturated heterocycles. The van der Waals surface area contributed by atoms with E-state index in [9.17, 15) is 23.1 Å². The highest BCUT2D eigenvalue weighted by Crippen LogP contribution is 2.33. The van der Waals surface area contributed by atoms with Gasteiger partial charge in [0.05, 0.1) is 37.5 Å². The SMILES string of the molecule is Cc1cc(NS(C)(=O)=O)cc(C)c1OCC(=O)N[C@@H](Cc1ccccc1)[C@@H](O)C[C@H](Cc1ccccc1)NC(=O)O[C@H]1CO[C@H]2OCC[C@H]21. The molecule has 0 aromatic heterocycles. The zero-order valence-corrected chi connectivity index (χ0v) is 28.8. The Kier molecular flexibility index (Phi) is 12.2. The number of hydrogen-bond acceptors (Lipinski definition) is 9. The smallest absolute Gasteiger partial charge is 0.407 e. The minimum Gasteiger partial charge on any atom is -0.483 e. The van der Waals surface area contributed by atoms with Crippen LogP contribution in [-0.4, -0.2) is 82.2 Å². The number of carbonyl (C=O) groups excluding carboxylic acids is 2. The normalized spacial score (nSPS) is 20.4. The number of rotatable bonds is 15. The van der Waals surface area contributed by atoms with Gasteiger partial charge in [-0.25, -0.2) is 13.2 Å². The van der Waals surface area contributed by atoms with Gasteiger partial charge >= 0.3 is 6.09 Å². The first-order valence-corrected chi connectivity index (χ1v) is 18.3. The van der Waals surface area contributed by atoms with E-state index in [-0.39, 0.29) is 31.8 Å². The molecular formula is C36H45N3O9S. The molecule has 13 heteroatoms. The van der Waals surface area contributed by atoms with E-state index in [1.54, 1.807) is 26.0 Å². The molecule has 2 heterocycles. The van der Waals surface area contributed by atoms with Crippen LogP contribution in [0.1, 0.15) is 35.1 Å². The van der Waals surface area contributed by atoms with Crippen LogP contribution in [0.3, 0.4) is 0 Å². The fourth-order valence-corrected chi connectivity index (χ4v) is 6.97. The van der Waals surface area contributed by atoms with Crippen LogP contribution >= 0.6 is 0 Å². The first-order valence-electron chi connectivity index (χ1n) is 16.4. The molecule has 0 unspecified atom stereocenters. The van der Waals surface area contributed by atoms with Crippen LogP contribution in [0.25, 0.3) is 0 Å². The van der Waals surface area contributed by atoms with Crippen molar-refractivity contribution < 1.29 is 42.1 Å². The van der Waals surface area contributed by atoms with Crippen molar-refractivity contribution >= 4 is 27.7 Å². The van der Waals surface area contributed by atoms with Crippen molar-refractivity contribution in [3.8, 4) is 5.75 Å². The van der Waals surface area contributed by atoms with E-state index in [2.05, 4.69) is 15.4 Å². The average Bonchev–Trinajstić information content (AvgIpc) is 3.66. The van der Waals surface area contributed by atoms with E-state index in [1.165, 1.54) is 0 Å². The van der Waals surface area contributed by atoms with Gasteiger partial charge in [0, 0.05) is 11.7 Å². The number of ether oxygens (including phenoxy) is 4. The minimum absolute atomic E-state index is 0.00809. The molecule has 3 aromatic rings. The Hall–Kier alpha value is -4.17. The summed E-state index contributed by atoms with van der Waals surface area (Å²) in [5.41, 5.74) is 3.59. The Morgan fingerprint density at radius 2 is 1.57 bits per heavy atom. The summed E-state index contributed by atoms with van der Waals surface area (Å²) in [4.78, 5) is 26.4. The highest BCUT2D eigenvalue weighted by atomic mass is 32.2. The summed E-state index contributed by atoms with van der Waals surface area (Å²) in [6.45, 7) is 4.03. The molecule has 264 valence electrons. The molecule has 0 bridgehead atoms. The number of amides is 2. The monoisotopic (exact) mass is 695 g/mol. The number of aliphatic hydroxyl groups excluding tert-OH is 1. The summed E-state index contributed by atoms with van der Waals surface area (Å²) >= 11 is 0. The van der Waals surface area contributed by atoms with Crippen molar-refractivity contribution in [2.45, 2.75) is 70.1 Å². The van der Waals surface area contributed by atoms with Gasteiger partial charge in [0.1, 0.15) is 11.9 Å². The fraction of sp³-hybridized carbons (Fsp3) is 0.444. The van der Waals surface area contributed by atoms with E-state index < -0.39 is 46.3 Å². The summed E-state index contributed by atoms with van der Waals surface area (Å²) in [6.07, 6.45) is 0.305. The maximum atomic E-state index is 13.3. The molecule has 3 aromatic carbocycles. The van der Waals surface area contributed by atoms with E-state index >= 15 is 0 Å². The molecular weight excluding hydrogens is 650 g/mol. The van der Waals surface area contributed by atoms with Crippen molar-refractivity contribution in [3.63, 3.8) is 0 Å². The average molecular weight is 696 g/mol. The Balaban J connectivity index is 1.26. The summed E-state index contributed by atoms with van der Waals surface area (Å²) in [7, 11) is -3.46. The first kappa shape index (κ1) is 36.1. The largest absolute Gasteiger partial charge is 0.483 e. The Bertz CT molecular complexity index is 1650. The van der Waals surface area contributed by atoms with Crippen LogP contribution in [0, 0.1) is 19.8 Å². The lowest BCUT2D eigenvalue weighted by molar-refractivity contribution is -0.124. The zero-order chi connectivity index (χ0) is 35.0.